The minimum atomic E-state index is 0.352. The lowest BCUT2D eigenvalue weighted by Gasteiger charge is -2.38. The minimum absolute atomic E-state index is 0.352. The fraction of sp³-hybridized carbons (Fsp3) is 0.467. The third-order valence-corrected chi connectivity index (χ3v) is 4.66. The molecule has 1 saturated heterocycles. The smallest absolute Gasteiger partial charge is 0.183 e. The van der Waals surface area contributed by atoms with E-state index in [-0.39, 0.29) is 0 Å². The Labute approximate surface area is 132 Å². The highest BCUT2D eigenvalue weighted by atomic mass is 15.4. The molecule has 23 heavy (non-hydrogen) atoms. The second-order valence-corrected chi connectivity index (χ2v) is 6.33. The van der Waals surface area contributed by atoms with Crippen LogP contribution >= 0.6 is 0 Å². The molecule has 0 bridgehead atoms. The van der Waals surface area contributed by atoms with Crippen molar-refractivity contribution in [1.29, 1.82) is 0 Å². The predicted octanol–water partition coefficient (Wildman–Crippen LogP) is 1.03. The van der Waals surface area contributed by atoms with Crippen LogP contribution in [0.3, 0.4) is 0 Å². The summed E-state index contributed by atoms with van der Waals surface area (Å²) in [6, 6.07) is 0. The molecule has 8 heteroatoms. The van der Waals surface area contributed by atoms with E-state index in [0.29, 0.717) is 11.8 Å². The first-order valence-corrected chi connectivity index (χ1v) is 7.87. The lowest BCUT2D eigenvalue weighted by Crippen LogP contribution is -2.46. The molecule has 0 spiro atoms. The van der Waals surface area contributed by atoms with E-state index in [9.17, 15) is 0 Å². The van der Waals surface area contributed by atoms with Crippen molar-refractivity contribution in [3.05, 3.63) is 30.1 Å². The van der Waals surface area contributed by atoms with Crippen LogP contribution in [-0.4, -0.2) is 48.0 Å². The molecule has 4 heterocycles. The average Bonchev–Trinajstić information content (AvgIpc) is 3.31. The maximum absolute atomic E-state index is 4.55. The number of anilines is 1. The Kier molecular flexibility index (Phi) is 2.61. The van der Waals surface area contributed by atoms with E-state index in [1.807, 2.05) is 19.4 Å². The molecular weight excluding hydrogens is 292 g/mol. The molecule has 0 aromatic carbocycles. The van der Waals surface area contributed by atoms with Crippen molar-refractivity contribution in [2.24, 2.45) is 7.05 Å². The van der Waals surface area contributed by atoms with Gasteiger partial charge in [-0.25, -0.2) is 24.6 Å². The van der Waals surface area contributed by atoms with Crippen LogP contribution in [0.25, 0.3) is 11.2 Å². The molecule has 3 aromatic rings. The Morgan fingerprint density at radius 2 is 1.78 bits per heavy atom. The van der Waals surface area contributed by atoms with Crippen molar-refractivity contribution in [3.8, 4) is 0 Å². The van der Waals surface area contributed by atoms with Gasteiger partial charge in [-0.2, -0.15) is 0 Å². The Morgan fingerprint density at radius 3 is 2.52 bits per heavy atom. The first-order chi connectivity index (χ1) is 11.3. The van der Waals surface area contributed by atoms with Crippen LogP contribution in [0.5, 0.6) is 0 Å². The van der Waals surface area contributed by atoms with Gasteiger partial charge in [0.1, 0.15) is 12.2 Å². The SMILES string of the molecule is Cn1nnc2c(N3CC(c4ncc(C5CC5)cn4)C3)ncnc21. The second kappa shape index (κ2) is 4.68. The van der Waals surface area contributed by atoms with Crippen molar-refractivity contribution < 1.29 is 0 Å². The molecular formula is C15H16N8. The Bertz CT molecular complexity index is 861. The minimum Gasteiger partial charge on any atom is -0.353 e. The third kappa shape index (κ3) is 2.05. The summed E-state index contributed by atoms with van der Waals surface area (Å²) < 4.78 is 1.66. The topological polar surface area (TPSA) is 85.5 Å². The molecule has 1 aliphatic carbocycles. The van der Waals surface area contributed by atoms with E-state index < -0.39 is 0 Å². The van der Waals surface area contributed by atoms with Crippen LogP contribution in [-0.2, 0) is 7.05 Å². The Balaban J connectivity index is 1.35. The molecule has 0 amide bonds. The fourth-order valence-corrected chi connectivity index (χ4v) is 3.07. The maximum Gasteiger partial charge on any atom is 0.183 e. The number of hydrogen-bond acceptors (Lipinski definition) is 7. The normalized spacial score (nSPS) is 18.4. The van der Waals surface area contributed by atoms with Crippen LogP contribution in [0.15, 0.2) is 18.7 Å². The quantitative estimate of drug-likeness (QED) is 0.714. The molecule has 0 radical (unpaired) electrons. The van der Waals surface area contributed by atoms with Gasteiger partial charge in [-0.3, -0.25) is 0 Å². The largest absolute Gasteiger partial charge is 0.353 e. The van der Waals surface area contributed by atoms with E-state index in [0.717, 1.165) is 35.9 Å². The molecule has 3 aromatic heterocycles. The molecule has 1 saturated carbocycles. The van der Waals surface area contributed by atoms with Gasteiger partial charge in [-0.1, -0.05) is 5.21 Å². The zero-order valence-corrected chi connectivity index (χ0v) is 12.8. The van der Waals surface area contributed by atoms with Crippen LogP contribution in [0, 0.1) is 0 Å². The lowest BCUT2D eigenvalue weighted by atomic mass is 9.99. The van der Waals surface area contributed by atoms with Crippen molar-refractivity contribution in [1.82, 2.24) is 34.9 Å². The lowest BCUT2D eigenvalue weighted by molar-refractivity contribution is 0.496. The summed E-state index contributed by atoms with van der Waals surface area (Å²) in [7, 11) is 1.83. The first-order valence-electron chi connectivity index (χ1n) is 7.87. The van der Waals surface area contributed by atoms with Gasteiger partial charge in [-0.15, -0.1) is 5.10 Å². The summed E-state index contributed by atoms with van der Waals surface area (Å²) in [5, 5.41) is 8.19. The number of fused-ring (bicyclic) bond motifs is 1. The highest BCUT2D eigenvalue weighted by molar-refractivity contribution is 5.83. The Hall–Kier alpha value is -2.64. The van der Waals surface area contributed by atoms with Gasteiger partial charge in [0.15, 0.2) is 17.0 Å². The summed E-state index contributed by atoms with van der Waals surface area (Å²) >= 11 is 0. The van der Waals surface area contributed by atoms with Gasteiger partial charge in [-0.05, 0) is 24.3 Å². The molecule has 2 aliphatic rings. The summed E-state index contributed by atoms with van der Waals surface area (Å²) in [6.45, 7) is 1.71. The van der Waals surface area contributed by atoms with Crippen LogP contribution in [0.1, 0.15) is 36.1 Å². The maximum atomic E-state index is 4.55. The number of aryl methyl sites for hydroxylation is 1. The average molecular weight is 308 g/mol. The summed E-state index contributed by atoms with van der Waals surface area (Å²) in [6.07, 6.45) is 8.11. The number of hydrogen-bond donors (Lipinski definition) is 0. The van der Waals surface area contributed by atoms with Crippen LogP contribution < -0.4 is 4.90 Å². The van der Waals surface area contributed by atoms with E-state index in [1.54, 1.807) is 11.0 Å². The third-order valence-electron chi connectivity index (χ3n) is 4.66. The van der Waals surface area contributed by atoms with Crippen LogP contribution in [0.4, 0.5) is 5.82 Å². The summed E-state index contributed by atoms with van der Waals surface area (Å²) in [5.41, 5.74) is 2.78. The van der Waals surface area contributed by atoms with Gasteiger partial charge in [0.05, 0.1) is 5.92 Å². The van der Waals surface area contributed by atoms with Crippen LogP contribution in [0.2, 0.25) is 0 Å². The fourth-order valence-electron chi connectivity index (χ4n) is 3.07. The Morgan fingerprint density at radius 1 is 1.00 bits per heavy atom. The first kappa shape index (κ1) is 12.9. The molecule has 1 aliphatic heterocycles. The molecule has 8 nitrogen and oxygen atoms in total. The van der Waals surface area contributed by atoms with Gasteiger partial charge in [0, 0.05) is 32.5 Å². The van der Waals surface area contributed by atoms with Gasteiger partial charge in [0.25, 0.3) is 0 Å². The van der Waals surface area contributed by atoms with Gasteiger partial charge in [0.2, 0.25) is 0 Å². The number of nitrogens with zero attached hydrogens (tertiary/aromatic N) is 8. The standard InChI is InChI=1S/C15H16N8/c1-22-14-12(20-21-22)15(19-8-18-14)23-6-11(7-23)13-16-4-10(5-17-13)9-2-3-9/h4-5,8-9,11H,2-3,6-7H2,1H3. The second-order valence-electron chi connectivity index (χ2n) is 6.33. The molecule has 0 atom stereocenters. The molecule has 2 fully saturated rings. The van der Waals surface area contributed by atoms with Crippen molar-refractivity contribution >= 4 is 17.0 Å². The van der Waals surface area contributed by atoms with E-state index in [1.165, 1.54) is 18.4 Å². The zero-order valence-electron chi connectivity index (χ0n) is 12.8. The van der Waals surface area contributed by atoms with E-state index >= 15 is 0 Å². The number of rotatable bonds is 3. The summed E-state index contributed by atoms with van der Waals surface area (Å²) in [4.78, 5) is 19.9. The van der Waals surface area contributed by atoms with Crippen molar-refractivity contribution in [2.75, 3.05) is 18.0 Å². The van der Waals surface area contributed by atoms with Gasteiger partial charge >= 0.3 is 0 Å². The van der Waals surface area contributed by atoms with Crippen molar-refractivity contribution in [2.45, 2.75) is 24.7 Å². The highest BCUT2D eigenvalue weighted by Crippen LogP contribution is 2.39. The number of aromatic nitrogens is 7. The molecule has 0 unspecified atom stereocenters. The monoisotopic (exact) mass is 308 g/mol. The molecule has 116 valence electrons. The molecule has 0 N–H and O–H groups in total. The van der Waals surface area contributed by atoms with E-state index in [4.69, 9.17) is 0 Å². The predicted molar refractivity (Wildman–Crippen MR) is 83.1 cm³/mol. The van der Waals surface area contributed by atoms with E-state index in [2.05, 4.69) is 35.1 Å². The molecule has 5 rings (SSSR count). The zero-order chi connectivity index (χ0) is 15.4. The van der Waals surface area contributed by atoms with Gasteiger partial charge < -0.3 is 4.90 Å². The van der Waals surface area contributed by atoms with Crippen molar-refractivity contribution in [3.63, 3.8) is 0 Å². The highest BCUT2D eigenvalue weighted by Gasteiger charge is 2.33. The summed E-state index contributed by atoms with van der Waals surface area (Å²) in [5.74, 6) is 2.82.